The SMILES string of the molecule is CC(N)c1cccc(-c2cccc3cccnc23)c1. The van der Waals surface area contributed by atoms with E-state index in [0.717, 1.165) is 22.0 Å². The zero-order chi connectivity index (χ0) is 13.2. The van der Waals surface area contributed by atoms with Crippen molar-refractivity contribution in [3.8, 4) is 11.1 Å². The third-order valence-electron chi connectivity index (χ3n) is 3.36. The van der Waals surface area contributed by atoms with Crippen LogP contribution in [0.4, 0.5) is 0 Å². The first-order valence-electron chi connectivity index (χ1n) is 6.45. The van der Waals surface area contributed by atoms with Crippen LogP contribution in [0.2, 0.25) is 0 Å². The van der Waals surface area contributed by atoms with Crippen molar-refractivity contribution in [2.45, 2.75) is 13.0 Å². The Hall–Kier alpha value is -2.19. The summed E-state index contributed by atoms with van der Waals surface area (Å²) >= 11 is 0. The summed E-state index contributed by atoms with van der Waals surface area (Å²) in [4.78, 5) is 4.50. The molecule has 0 aliphatic carbocycles. The Balaban J connectivity index is 2.22. The first kappa shape index (κ1) is 11.9. The Bertz CT molecular complexity index is 712. The van der Waals surface area contributed by atoms with Crippen LogP contribution in [0.3, 0.4) is 0 Å². The number of nitrogens with zero attached hydrogens (tertiary/aromatic N) is 1. The molecule has 19 heavy (non-hydrogen) atoms. The molecule has 0 amide bonds. The molecule has 0 fully saturated rings. The van der Waals surface area contributed by atoms with Crippen molar-refractivity contribution < 1.29 is 0 Å². The lowest BCUT2D eigenvalue weighted by Crippen LogP contribution is -2.04. The largest absolute Gasteiger partial charge is 0.324 e. The number of hydrogen-bond donors (Lipinski definition) is 1. The molecule has 1 aromatic heterocycles. The Labute approximate surface area is 112 Å². The third-order valence-corrected chi connectivity index (χ3v) is 3.36. The van der Waals surface area contributed by atoms with Crippen molar-refractivity contribution >= 4 is 10.9 Å². The molecule has 0 saturated carbocycles. The summed E-state index contributed by atoms with van der Waals surface area (Å²) in [5, 5.41) is 1.16. The highest BCUT2D eigenvalue weighted by Gasteiger charge is 2.06. The van der Waals surface area contributed by atoms with Crippen molar-refractivity contribution in [2.24, 2.45) is 5.73 Å². The van der Waals surface area contributed by atoms with E-state index in [1.165, 1.54) is 5.56 Å². The molecule has 0 radical (unpaired) electrons. The van der Waals surface area contributed by atoms with Gasteiger partial charge in [-0.1, -0.05) is 42.5 Å². The highest BCUT2D eigenvalue weighted by molar-refractivity contribution is 5.93. The van der Waals surface area contributed by atoms with E-state index in [-0.39, 0.29) is 6.04 Å². The summed E-state index contributed by atoms with van der Waals surface area (Å²) in [6, 6.07) is 18.7. The lowest BCUT2D eigenvalue weighted by Gasteiger charge is -2.10. The molecule has 2 aromatic carbocycles. The topological polar surface area (TPSA) is 38.9 Å². The zero-order valence-corrected chi connectivity index (χ0v) is 10.9. The van der Waals surface area contributed by atoms with Crippen molar-refractivity contribution in [2.75, 3.05) is 0 Å². The van der Waals surface area contributed by atoms with Crippen molar-refractivity contribution in [1.82, 2.24) is 4.98 Å². The molecule has 1 atom stereocenters. The van der Waals surface area contributed by atoms with E-state index in [9.17, 15) is 0 Å². The second-order valence-corrected chi connectivity index (χ2v) is 4.79. The number of hydrogen-bond acceptors (Lipinski definition) is 2. The van der Waals surface area contributed by atoms with Crippen LogP contribution in [-0.4, -0.2) is 4.98 Å². The van der Waals surface area contributed by atoms with Gasteiger partial charge in [-0.05, 0) is 30.2 Å². The molecule has 0 saturated heterocycles. The first-order valence-corrected chi connectivity index (χ1v) is 6.45. The monoisotopic (exact) mass is 248 g/mol. The second kappa shape index (κ2) is 4.82. The molecule has 1 unspecified atom stereocenters. The van der Waals surface area contributed by atoms with E-state index in [1.807, 2.05) is 19.2 Å². The van der Waals surface area contributed by atoms with Crippen LogP contribution < -0.4 is 5.73 Å². The number of nitrogens with two attached hydrogens (primary N) is 1. The highest BCUT2D eigenvalue weighted by atomic mass is 14.6. The first-order chi connectivity index (χ1) is 9.25. The molecule has 3 aromatic rings. The average Bonchev–Trinajstić information content (AvgIpc) is 2.47. The van der Waals surface area contributed by atoms with Crippen LogP contribution >= 0.6 is 0 Å². The highest BCUT2D eigenvalue weighted by Crippen LogP contribution is 2.28. The van der Waals surface area contributed by atoms with Crippen molar-refractivity contribution in [3.05, 3.63) is 66.4 Å². The molecule has 1 heterocycles. The van der Waals surface area contributed by atoms with Crippen LogP contribution in [0.1, 0.15) is 18.5 Å². The summed E-state index contributed by atoms with van der Waals surface area (Å²) in [7, 11) is 0. The molecule has 2 nitrogen and oxygen atoms in total. The number of rotatable bonds is 2. The molecule has 2 N–H and O–H groups in total. The van der Waals surface area contributed by atoms with Crippen LogP contribution in [0.5, 0.6) is 0 Å². The quantitative estimate of drug-likeness (QED) is 0.746. The number of para-hydroxylation sites is 1. The summed E-state index contributed by atoms with van der Waals surface area (Å²) < 4.78 is 0. The minimum absolute atomic E-state index is 0.0443. The molecule has 0 aliphatic heterocycles. The summed E-state index contributed by atoms with van der Waals surface area (Å²) in [6.07, 6.45) is 1.83. The summed E-state index contributed by atoms with van der Waals surface area (Å²) in [6.45, 7) is 2.00. The number of benzene rings is 2. The maximum Gasteiger partial charge on any atom is 0.0780 e. The zero-order valence-electron chi connectivity index (χ0n) is 10.9. The van der Waals surface area contributed by atoms with Crippen molar-refractivity contribution in [3.63, 3.8) is 0 Å². The molecule has 0 aliphatic rings. The van der Waals surface area contributed by atoms with E-state index >= 15 is 0 Å². The van der Waals surface area contributed by atoms with Gasteiger partial charge < -0.3 is 5.73 Å². The molecule has 3 rings (SSSR count). The minimum Gasteiger partial charge on any atom is -0.324 e. The lowest BCUT2D eigenvalue weighted by atomic mass is 9.98. The molecule has 0 spiro atoms. The van der Waals surface area contributed by atoms with E-state index < -0.39 is 0 Å². The van der Waals surface area contributed by atoms with Crippen LogP contribution in [0, 0.1) is 0 Å². The van der Waals surface area contributed by atoms with Gasteiger partial charge in [0.2, 0.25) is 0 Å². The Morgan fingerprint density at radius 3 is 2.63 bits per heavy atom. The van der Waals surface area contributed by atoms with Gasteiger partial charge in [-0.25, -0.2) is 0 Å². The normalized spacial score (nSPS) is 12.5. The predicted molar refractivity (Wildman–Crippen MR) is 79.8 cm³/mol. The van der Waals surface area contributed by atoms with E-state index in [2.05, 4.69) is 53.5 Å². The Morgan fingerprint density at radius 1 is 1.00 bits per heavy atom. The van der Waals surface area contributed by atoms with Crippen LogP contribution in [0.15, 0.2) is 60.8 Å². The van der Waals surface area contributed by atoms with Gasteiger partial charge in [-0.3, -0.25) is 4.98 Å². The second-order valence-electron chi connectivity index (χ2n) is 4.79. The predicted octanol–water partition coefficient (Wildman–Crippen LogP) is 3.92. The Kier molecular flexibility index (Phi) is 3.02. The fraction of sp³-hybridized carbons (Fsp3) is 0.118. The smallest absolute Gasteiger partial charge is 0.0780 e. The van der Waals surface area contributed by atoms with Crippen LogP contribution in [0.25, 0.3) is 22.0 Å². The maximum atomic E-state index is 5.96. The van der Waals surface area contributed by atoms with Gasteiger partial charge in [0.15, 0.2) is 0 Å². The van der Waals surface area contributed by atoms with Gasteiger partial charge in [-0.2, -0.15) is 0 Å². The molecular formula is C17H16N2. The van der Waals surface area contributed by atoms with Gasteiger partial charge in [0.05, 0.1) is 5.52 Å². The fourth-order valence-electron chi connectivity index (χ4n) is 2.33. The molecule has 0 bridgehead atoms. The maximum absolute atomic E-state index is 5.96. The van der Waals surface area contributed by atoms with E-state index in [1.54, 1.807) is 0 Å². The third kappa shape index (κ3) is 2.23. The molecule has 94 valence electrons. The van der Waals surface area contributed by atoms with Gasteiger partial charge in [0.1, 0.15) is 0 Å². The standard InChI is InChI=1S/C17H16N2/c1-12(18)14-6-2-7-15(11-14)16-9-3-5-13-8-4-10-19-17(13)16/h2-12H,18H2,1H3. The minimum atomic E-state index is 0.0443. The van der Waals surface area contributed by atoms with Crippen molar-refractivity contribution in [1.29, 1.82) is 0 Å². The summed E-state index contributed by atoms with van der Waals surface area (Å²) in [5.41, 5.74) is 10.5. The number of aromatic nitrogens is 1. The fourth-order valence-corrected chi connectivity index (χ4v) is 2.33. The Morgan fingerprint density at radius 2 is 1.79 bits per heavy atom. The number of fused-ring (bicyclic) bond motifs is 1. The lowest BCUT2D eigenvalue weighted by molar-refractivity contribution is 0.819. The molecular weight excluding hydrogens is 232 g/mol. The van der Waals surface area contributed by atoms with Gasteiger partial charge >= 0.3 is 0 Å². The van der Waals surface area contributed by atoms with E-state index in [4.69, 9.17) is 5.73 Å². The average molecular weight is 248 g/mol. The molecule has 2 heteroatoms. The van der Waals surface area contributed by atoms with Gasteiger partial charge in [0.25, 0.3) is 0 Å². The van der Waals surface area contributed by atoms with Gasteiger partial charge in [0, 0.05) is 23.2 Å². The van der Waals surface area contributed by atoms with E-state index in [0.29, 0.717) is 0 Å². The number of pyridine rings is 1. The van der Waals surface area contributed by atoms with Gasteiger partial charge in [-0.15, -0.1) is 0 Å². The van der Waals surface area contributed by atoms with Crippen LogP contribution in [-0.2, 0) is 0 Å². The summed E-state index contributed by atoms with van der Waals surface area (Å²) in [5.74, 6) is 0.